The monoisotopic (exact) mass is 276 g/mol. The molecule has 0 amide bonds. The van der Waals surface area contributed by atoms with Gasteiger partial charge in [-0.25, -0.2) is 0 Å². The van der Waals surface area contributed by atoms with E-state index in [9.17, 15) is 25.5 Å². The molecule has 0 spiro atoms. The molecule has 1 heterocycles. The van der Waals surface area contributed by atoms with E-state index in [4.69, 9.17) is 4.42 Å². The van der Waals surface area contributed by atoms with E-state index < -0.39 is 17.2 Å². The lowest BCUT2D eigenvalue weighted by Gasteiger charge is -2.05. The number of phenols is 5. The number of fused-ring (bicyclic) bond motifs is 3. The Hall–Kier alpha value is -2.76. The molecule has 20 heavy (non-hydrogen) atoms. The van der Waals surface area contributed by atoms with Crippen LogP contribution in [0.15, 0.2) is 10.5 Å². The minimum absolute atomic E-state index is 0.0706. The molecule has 6 heteroatoms. The van der Waals surface area contributed by atoms with Crippen LogP contribution in [0.25, 0.3) is 21.9 Å². The lowest BCUT2D eigenvalue weighted by Crippen LogP contribution is -1.81. The molecule has 0 bridgehead atoms. The second kappa shape index (κ2) is 3.63. The average Bonchev–Trinajstić information content (AvgIpc) is 2.80. The largest absolute Gasteiger partial charge is 0.507 e. The molecule has 6 nitrogen and oxygen atoms in total. The fourth-order valence-electron chi connectivity index (χ4n) is 2.32. The Labute approximate surface area is 112 Å². The Kier molecular flexibility index (Phi) is 2.23. The molecular weight excluding hydrogens is 264 g/mol. The van der Waals surface area contributed by atoms with Crippen LogP contribution in [0, 0.1) is 13.8 Å². The minimum Gasteiger partial charge on any atom is -0.507 e. The third kappa shape index (κ3) is 1.27. The van der Waals surface area contributed by atoms with E-state index in [0.717, 1.165) is 0 Å². The van der Waals surface area contributed by atoms with Crippen molar-refractivity contribution in [3.05, 3.63) is 17.2 Å². The fraction of sp³-hybridized carbons (Fsp3) is 0.143. The van der Waals surface area contributed by atoms with Crippen LogP contribution in [0.2, 0.25) is 0 Å². The van der Waals surface area contributed by atoms with E-state index in [1.54, 1.807) is 6.92 Å². The van der Waals surface area contributed by atoms with Crippen LogP contribution in [0.4, 0.5) is 0 Å². The zero-order valence-electron chi connectivity index (χ0n) is 10.7. The van der Waals surface area contributed by atoms with Crippen molar-refractivity contribution in [1.82, 2.24) is 0 Å². The molecule has 3 aromatic rings. The van der Waals surface area contributed by atoms with Gasteiger partial charge in [0.1, 0.15) is 5.75 Å². The summed E-state index contributed by atoms with van der Waals surface area (Å²) >= 11 is 0. The fourth-order valence-corrected chi connectivity index (χ4v) is 2.32. The number of aryl methyl sites for hydroxylation is 1. The van der Waals surface area contributed by atoms with Gasteiger partial charge in [0, 0.05) is 10.9 Å². The number of hydrogen-bond donors (Lipinski definition) is 5. The van der Waals surface area contributed by atoms with E-state index in [-0.39, 0.29) is 33.6 Å². The summed E-state index contributed by atoms with van der Waals surface area (Å²) in [5.74, 6) is -2.08. The van der Waals surface area contributed by atoms with Crippen molar-refractivity contribution in [1.29, 1.82) is 0 Å². The van der Waals surface area contributed by atoms with Gasteiger partial charge in [0.05, 0.1) is 5.39 Å². The summed E-state index contributed by atoms with van der Waals surface area (Å²) in [6.07, 6.45) is 0. The van der Waals surface area contributed by atoms with Gasteiger partial charge in [-0.2, -0.15) is 0 Å². The second-order valence-corrected chi connectivity index (χ2v) is 4.74. The summed E-state index contributed by atoms with van der Waals surface area (Å²) in [7, 11) is 0. The number of furan rings is 1. The first-order chi connectivity index (χ1) is 9.34. The Morgan fingerprint density at radius 3 is 2.00 bits per heavy atom. The molecule has 0 atom stereocenters. The van der Waals surface area contributed by atoms with Crippen molar-refractivity contribution in [3.8, 4) is 28.7 Å². The smallest absolute Gasteiger partial charge is 0.202 e. The standard InChI is InChI=1S/C14H12O6/c1-4-3-6-7-9(16)5(2)10(17)12(19)14(7)20-13(6)11(18)8(4)15/h3,15-19H,1-2H3. The van der Waals surface area contributed by atoms with E-state index in [1.165, 1.54) is 13.0 Å². The van der Waals surface area contributed by atoms with Crippen LogP contribution >= 0.6 is 0 Å². The molecule has 1 aromatic heterocycles. The summed E-state index contributed by atoms with van der Waals surface area (Å²) in [5.41, 5.74) is 0.268. The number of benzene rings is 2. The highest BCUT2D eigenvalue weighted by molar-refractivity contribution is 6.13. The predicted octanol–water partition coefficient (Wildman–Crippen LogP) is 2.73. The van der Waals surface area contributed by atoms with Gasteiger partial charge in [0.15, 0.2) is 22.7 Å². The van der Waals surface area contributed by atoms with Crippen LogP contribution in [0.5, 0.6) is 28.7 Å². The lowest BCUT2D eigenvalue weighted by atomic mass is 10.0. The molecule has 0 aliphatic rings. The maximum Gasteiger partial charge on any atom is 0.202 e. The zero-order chi connectivity index (χ0) is 14.8. The highest BCUT2D eigenvalue weighted by Gasteiger charge is 2.24. The molecule has 0 unspecified atom stereocenters. The number of aromatic hydroxyl groups is 5. The third-order valence-corrected chi connectivity index (χ3v) is 3.51. The molecule has 0 aliphatic carbocycles. The molecule has 0 radical (unpaired) electrons. The maximum absolute atomic E-state index is 10.1. The van der Waals surface area contributed by atoms with Crippen molar-refractivity contribution in [2.45, 2.75) is 13.8 Å². The summed E-state index contributed by atoms with van der Waals surface area (Å²) in [6.45, 7) is 3.02. The Balaban J connectivity index is 2.67. The Morgan fingerprint density at radius 2 is 1.35 bits per heavy atom. The van der Waals surface area contributed by atoms with Gasteiger partial charge >= 0.3 is 0 Å². The Morgan fingerprint density at radius 1 is 0.750 bits per heavy atom. The Bertz CT molecular complexity index is 875. The van der Waals surface area contributed by atoms with E-state index >= 15 is 0 Å². The van der Waals surface area contributed by atoms with Crippen molar-refractivity contribution < 1.29 is 29.9 Å². The van der Waals surface area contributed by atoms with Crippen LogP contribution in [-0.2, 0) is 0 Å². The SMILES string of the molecule is Cc1cc2c(oc3c(O)c(O)c(C)c(O)c32)c(O)c1O. The predicted molar refractivity (Wildman–Crippen MR) is 71.5 cm³/mol. The number of rotatable bonds is 0. The summed E-state index contributed by atoms with van der Waals surface area (Å²) in [4.78, 5) is 0. The topological polar surface area (TPSA) is 114 Å². The van der Waals surface area contributed by atoms with Crippen LogP contribution < -0.4 is 0 Å². The molecule has 3 rings (SSSR count). The highest BCUT2D eigenvalue weighted by atomic mass is 16.4. The van der Waals surface area contributed by atoms with Crippen molar-refractivity contribution >= 4 is 21.9 Å². The molecule has 5 N–H and O–H groups in total. The normalized spacial score (nSPS) is 11.5. The van der Waals surface area contributed by atoms with Gasteiger partial charge in [0.2, 0.25) is 11.5 Å². The van der Waals surface area contributed by atoms with Gasteiger partial charge in [0.25, 0.3) is 0 Å². The number of phenolic OH excluding ortho intramolecular Hbond substituents is 5. The molecular formula is C14H12O6. The summed E-state index contributed by atoms with van der Waals surface area (Å²) < 4.78 is 5.29. The van der Waals surface area contributed by atoms with Crippen molar-refractivity contribution in [2.24, 2.45) is 0 Å². The molecule has 0 saturated carbocycles. The first-order valence-corrected chi connectivity index (χ1v) is 5.85. The molecule has 0 aliphatic heterocycles. The lowest BCUT2D eigenvalue weighted by molar-refractivity contribution is 0.389. The van der Waals surface area contributed by atoms with Crippen LogP contribution in [0.3, 0.4) is 0 Å². The first-order valence-electron chi connectivity index (χ1n) is 5.85. The minimum atomic E-state index is -0.525. The quantitative estimate of drug-likeness (QED) is 0.318. The average molecular weight is 276 g/mol. The van der Waals surface area contributed by atoms with Crippen LogP contribution in [-0.4, -0.2) is 25.5 Å². The summed E-state index contributed by atoms with van der Waals surface area (Å²) in [5, 5.41) is 49.8. The molecule has 104 valence electrons. The second-order valence-electron chi connectivity index (χ2n) is 4.74. The van der Waals surface area contributed by atoms with Gasteiger partial charge < -0.3 is 29.9 Å². The van der Waals surface area contributed by atoms with E-state index in [1.807, 2.05) is 0 Å². The maximum atomic E-state index is 10.1. The molecule has 0 fully saturated rings. The van der Waals surface area contributed by atoms with E-state index in [2.05, 4.69) is 0 Å². The van der Waals surface area contributed by atoms with Gasteiger partial charge in [-0.1, -0.05) is 0 Å². The van der Waals surface area contributed by atoms with Crippen molar-refractivity contribution in [3.63, 3.8) is 0 Å². The molecule has 0 saturated heterocycles. The highest BCUT2D eigenvalue weighted by Crippen LogP contribution is 2.50. The zero-order valence-corrected chi connectivity index (χ0v) is 10.7. The van der Waals surface area contributed by atoms with Crippen LogP contribution in [0.1, 0.15) is 11.1 Å². The summed E-state index contributed by atoms with van der Waals surface area (Å²) in [6, 6.07) is 1.52. The van der Waals surface area contributed by atoms with Gasteiger partial charge in [-0.15, -0.1) is 0 Å². The van der Waals surface area contributed by atoms with E-state index in [0.29, 0.717) is 10.9 Å². The third-order valence-electron chi connectivity index (χ3n) is 3.51. The molecule has 2 aromatic carbocycles. The number of hydrogen-bond acceptors (Lipinski definition) is 6. The van der Waals surface area contributed by atoms with Gasteiger partial charge in [-0.05, 0) is 25.5 Å². The first kappa shape index (κ1) is 12.3. The van der Waals surface area contributed by atoms with Crippen molar-refractivity contribution in [2.75, 3.05) is 0 Å². The van der Waals surface area contributed by atoms with Gasteiger partial charge in [-0.3, -0.25) is 0 Å².